The van der Waals surface area contributed by atoms with Crippen LogP contribution < -0.4 is 5.56 Å². The van der Waals surface area contributed by atoms with Gasteiger partial charge in [-0.25, -0.2) is 4.98 Å². The number of aliphatic carboxylic acids is 1. The summed E-state index contributed by atoms with van der Waals surface area (Å²) in [6.45, 7) is 0. The summed E-state index contributed by atoms with van der Waals surface area (Å²) in [5.41, 5.74) is 0.783. The van der Waals surface area contributed by atoms with E-state index in [1.165, 1.54) is 11.3 Å². The number of benzene rings is 1. The molecule has 5 nitrogen and oxygen atoms in total. The van der Waals surface area contributed by atoms with Gasteiger partial charge in [0.2, 0.25) is 0 Å². The number of hydrogen-bond donors (Lipinski definition) is 2. The zero-order chi connectivity index (χ0) is 14.8. The summed E-state index contributed by atoms with van der Waals surface area (Å²) in [5.74, 6) is -1.08. The molecule has 21 heavy (non-hydrogen) atoms. The summed E-state index contributed by atoms with van der Waals surface area (Å²) in [6.07, 6.45) is 0. The molecule has 0 aliphatic rings. The van der Waals surface area contributed by atoms with E-state index in [0.29, 0.717) is 15.4 Å². The molecular weight excluding hydrogens is 308 g/mol. The van der Waals surface area contributed by atoms with Crippen molar-refractivity contribution in [3.63, 3.8) is 0 Å². The molecule has 0 unspecified atom stereocenters. The fourth-order valence-electron chi connectivity index (χ4n) is 1.85. The second-order valence-electron chi connectivity index (χ2n) is 4.25. The highest BCUT2D eigenvalue weighted by Gasteiger charge is 2.11. The molecule has 0 saturated heterocycles. The largest absolute Gasteiger partial charge is 0.481 e. The molecule has 106 valence electrons. The summed E-state index contributed by atoms with van der Waals surface area (Å²) < 4.78 is 0. The average Bonchev–Trinajstić information content (AvgIpc) is 2.91. The molecule has 0 spiro atoms. The van der Waals surface area contributed by atoms with Gasteiger partial charge in [-0.2, -0.15) is 0 Å². The minimum Gasteiger partial charge on any atom is -0.481 e. The smallest absolute Gasteiger partial charge is 0.313 e. The standard InChI is InChI=1S/C14H10N2O3S2/c17-11(18)7-20-14-15-12(19)9-6-10(21-13(9)16-14)8-4-2-1-3-5-8/h1-6H,7H2,(H,17,18)(H,15,16,19). The Labute approximate surface area is 127 Å². The van der Waals surface area contributed by atoms with Crippen LogP contribution in [0.15, 0.2) is 46.3 Å². The molecule has 1 aromatic carbocycles. The van der Waals surface area contributed by atoms with Gasteiger partial charge in [-0.1, -0.05) is 42.1 Å². The van der Waals surface area contributed by atoms with Crippen LogP contribution in [0.2, 0.25) is 0 Å². The molecule has 2 heterocycles. The van der Waals surface area contributed by atoms with E-state index in [9.17, 15) is 9.59 Å². The Morgan fingerprint density at radius 2 is 2.10 bits per heavy atom. The Balaban J connectivity index is 2.03. The summed E-state index contributed by atoms with van der Waals surface area (Å²) >= 11 is 2.42. The van der Waals surface area contributed by atoms with Gasteiger partial charge in [0.1, 0.15) is 4.83 Å². The van der Waals surface area contributed by atoms with Crippen molar-refractivity contribution in [2.24, 2.45) is 0 Å². The number of carboxylic acids is 1. The van der Waals surface area contributed by atoms with Crippen LogP contribution in [0.4, 0.5) is 0 Å². The third kappa shape index (κ3) is 2.98. The lowest BCUT2D eigenvalue weighted by molar-refractivity contribution is -0.133. The van der Waals surface area contributed by atoms with Crippen LogP contribution in [0.3, 0.4) is 0 Å². The van der Waals surface area contributed by atoms with E-state index in [1.807, 2.05) is 36.4 Å². The Hall–Kier alpha value is -2.12. The molecule has 0 bridgehead atoms. The van der Waals surface area contributed by atoms with E-state index in [2.05, 4.69) is 9.97 Å². The maximum Gasteiger partial charge on any atom is 0.313 e. The number of thioether (sulfide) groups is 1. The molecule has 0 atom stereocenters. The number of hydrogen-bond acceptors (Lipinski definition) is 5. The fourth-order valence-corrected chi connectivity index (χ4v) is 3.53. The first-order valence-electron chi connectivity index (χ1n) is 6.07. The van der Waals surface area contributed by atoms with Crippen LogP contribution in [0.1, 0.15) is 0 Å². The van der Waals surface area contributed by atoms with Crippen molar-refractivity contribution < 1.29 is 9.90 Å². The lowest BCUT2D eigenvalue weighted by Crippen LogP contribution is -2.08. The summed E-state index contributed by atoms with van der Waals surface area (Å²) in [6, 6.07) is 11.6. The maximum absolute atomic E-state index is 12.0. The first kappa shape index (κ1) is 13.8. The topological polar surface area (TPSA) is 83.0 Å². The summed E-state index contributed by atoms with van der Waals surface area (Å²) in [7, 11) is 0. The predicted octanol–water partition coefficient (Wildman–Crippen LogP) is 2.83. The van der Waals surface area contributed by atoms with Crippen molar-refractivity contribution in [2.75, 3.05) is 5.75 Å². The van der Waals surface area contributed by atoms with Crippen molar-refractivity contribution >= 4 is 39.3 Å². The fraction of sp³-hybridized carbons (Fsp3) is 0.0714. The zero-order valence-corrected chi connectivity index (χ0v) is 12.3. The van der Waals surface area contributed by atoms with Crippen LogP contribution in [0.25, 0.3) is 20.7 Å². The second-order valence-corrected chi connectivity index (χ2v) is 6.24. The molecular formula is C14H10N2O3S2. The molecule has 3 rings (SSSR count). The minimum absolute atomic E-state index is 0.134. The van der Waals surface area contributed by atoms with E-state index < -0.39 is 5.97 Å². The van der Waals surface area contributed by atoms with Gasteiger partial charge in [0.25, 0.3) is 5.56 Å². The second kappa shape index (κ2) is 5.71. The maximum atomic E-state index is 12.0. The van der Waals surface area contributed by atoms with E-state index in [-0.39, 0.29) is 11.3 Å². The van der Waals surface area contributed by atoms with E-state index in [1.54, 1.807) is 0 Å². The van der Waals surface area contributed by atoms with E-state index in [0.717, 1.165) is 22.2 Å². The third-order valence-corrected chi connectivity index (χ3v) is 4.71. The Bertz CT molecular complexity index is 856. The molecule has 2 aromatic heterocycles. The molecule has 0 fully saturated rings. The van der Waals surface area contributed by atoms with Gasteiger partial charge in [-0.3, -0.25) is 9.59 Å². The third-order valence-electron chi connectivity index (χ3n) is 2.77. The molecule has 2 N–H and O–H groups in total. The van der Waals surface area contributed by atoms with Crippen molar-refractivity contribution in [1.82, 2.24) is 9.97 Å². The van der Waals surface area contributed by atoms with Crippen molar-refractivity contribution in [1.29, 1.82) is 0 Å². The normalized spacial score (nSPS) is 10.9. The number of H-pyrrole nitrogens is 1. The van der Waals surface area contributed by atoms with Gasteiger partial charge in [0, 0.05) is 4.88 Å². The van der Waals surface area contributed by atoms with Crippen LogP contribution in [0, 0.1) is 0 Å². The summed E-state index contributed by atoms with van der Waals surface area (Å²) in [5, 5.41) is 9.53. The average molecular weight is 318 g/mol. The van der Waals surface area contributed by atoms with Crippen molar-refractivity contribution in [2.45, 2.75) is 5.16 Å². The lowest BCUT2D eigenvalue weighted by Gasteiger charge is -1.97. The Morgan fingerprint density at radius 1 is 1.33 bits per heavy atom. The minimum atomic E-state index is -0.945. The van der Waals surface area contributed by atoms with Crippen LogP contribution in [-0.4, -0.2) is 26.8 Å². The van der Waals surface area contributed by atoms with Crippen molar-refractivity contribution in [3.8, 4) is 10.4 Å². The van der Waals surface area contributed by atoms with Gasteiger partial charge < -0.3 is 10.1 Å². The quantitative estimate of drug-likeness (QED) is 0.571. The number of thiophene rings is 1. The molecule has 3 aromatic rings. The first-order chi connectivity index (χ1) is 10.1. The van der Waals surface area contributed by atoms with Crippen LogP contribution in [0.5, 0.6) is 0 Å². The highest BCUT2D eigenvalue weighted by molar-refractivity contribution is 7.99. The Kier molecular flexibility index (Phi) is 3.76. The number of carboxylic acid groups (broad SMARTS) is 1. The van der Waals surface area contributed by atoms with E-state index in [4.69, 9.17) is 5.11 Å². The van der Waals surface area contributed by atoms with Gasteiger partial charge >= 0.3 is 5.97 Å². The predicted molar refractivity (Wildman–Crippen MR) is 84.0 cm³/mol. The number of carbonyl (C=O) groups is 1. The number of nitrogens with zero attached hydrogens (tertiary/aromatic N) is 1. The highest BCUT2D eigenvalue weighted by atomic mass is 32.2. The number of fused-ring (bicyclic) bond motifs is 1. The lowest BCUT2D eigenvalue weighted by atomic mass is 10.2. The number of nitrogens with one attached hydrogen (secondary N) is 1. The van der Waals surface area contributed by atoms with Gasteiger partial charge in [-0.15, -0.1) is 11.3 Å². The number of rotatable bonds is 4. The van der Waals surface area contributed by atoms with Crippen LogP contribution in [-0.2, 0) is 4.79 Å². The Morgan fingerprint density at radius 3 is 2.81 bits per heavy atom. The number of aromatic nitrogens is 2. The highest BCUT2D eigenvalue weighted by Crippen LogP contribution is 2.31. The molecule has 0 amide bonds. The first-order valence-corrected chi connectivity index (χ1v) is 7.87. The molecule has 0 radical (unpaired) electrons. The van der Waals surface area contributed by atoms with Crippen molar-refractivity contribution in [3.05, 3.63) is 46.8 Å². The van der Waals surface area contributed by atoms with Gasteiger partial charge in [0.05, 0.1) is 11.1 Å². The molecule has 0 aliphatic carbocycles. The van der Waals surface area contributed by atoms with Gasteiger partial charge in [0.15, 0.2) is 5.16 Å². The molecule has 0 saturated carbocycles. The van der Waals surface area contributed by atoms with E-state index >= 15 is 0 Å². The zero-order valence-electron chi connectivity index (χ0n) is 10.7. The van der Waals surface area contributed by atoms with Crippen LogP contribution >= 0.6 is 23.1 Å². The molecule has 0 aliphatic heterocycles. The number of aromatic amines is 1. The monoisotopic (exact) mass is 318 g/mol. The molecule has 7 heteroatoms. The SMILES string of the molecule is O=C(O)CSc1nc2sc(-c3ccccc3)cc2c(=O)[nH]1. The van der Waals surface area contributed by atoms with Gasteiger partial charge in [-0.05, 0) is 11.6 Å². The summed E-state index contributed by atoms with van der Waals surface area (Å²) in [4.78, 5) is 31.1.